The summed E-state index contributed by atoms with van der Waals surface area (Å²) in [5, 5.41) is 14.1. The van der Waals surface area contributed by atoms with Crippen molar-refractivity contribution in [2.75, 3.05) is 0 Å². The van der Waals surface area contributed by atoms with Crippen molar-refractivity contribution in [3.05, 3.63) is 45.2 Å². The van der Waals surface area contributed by atoms with Crippen molar-refractivity contribution in [1.82, 2.24) is 10.2 Å². The first kappa shape index (κ1) is 13.1. The zero-order chi connectivity index (χ0) is 14.2. The van der Waals surface area contributed by atoms with Gasteiger partial charge in [-0.3, -0.25) is 15.0 Å². The van der Waals surface area contributed by atoms with Crippen molar-refractivity contribution in [3.63, 3.8) is 0 Å². The Labute approximate surface area is 110 Å². The number of aromatic carboxylic acids is 1. The molecule has 0 atom stereocenters. The van der Waals surface area contributed by atoms with E-state index in [0.29, 0.717) is 11.6 Å². The summed E-state index contributed by atoms with van der Waals surface area (Å²) < 4.78 is 0. The Morgan fingerprint density at radius 1 is 1.26 bits per heavy atom. The Balaban J connectivity index is 2.68. The molecule has 0 unspecified atom stereocenters. The fraction of sp³-hybridized carbons (Fsp3) is 0.286. The second kappa shape index (κ2) is 4.76. The van der Waals surface area contributed by atoms with Crippen LogP contribution in [0, 0.1) is 6.92 Å². The van der Waals surface area contributed by atoms with E-state index < -0.39 is 11.5 Å². The average Bonchev–Trinajstić information content (AvgIpc) is 2.71. The lowest BCUT2D eigenvalue weighted by Gasteiger charge is -2.10. The van der Waals surface area contributed by atoms with E-state index in [4.69, 9.17) is 5.11 Å². The molecule has 1 aromatic carbocycles. The van der Waals surface area contributed by atoms with Crippen LogP contribution in [0.15, 0.2) is 23.0 Å². The Kier molecular flexibility index (Phi) is 3.29. The highest BCUT2D eigenvalue weighted by Crippen LogP contribution is 2.27. The van der Waals surface area contributed by atoms with Gasteiger partial charge >= 0.3 is 5.97 Å². The van der Waals surface area contributed by atoms with Gasteiger partial charge < -0.3 is 5.11 Å². The van der Waals surface area contributed by atoms with Gasteiger partial charge in [0.05, 0.1) is 5.69 Å². The van der Waals surface area contributed by atoms with Crippen LogP contribution in [0.3, 0.4) is 0 Å². The first-order valence-electron chi connectivity index (χ1n) is 6.06. The summed E-state index contributed by atoms with van der Waals surface area (Å²) in [5.41, 5.74) is 2.22. The standard InChI is InChI=1S/C14H16N2O3/c1-7(2)9-5-4-8(3)10(6-9)12-11(14(18)19)13(17)16-15-12/h4-7H,1-3H3,(H,18,19)(H2,15,16,17). The SMILES string of the molecule is Cc1ccc(C(C)C)cc1-c1[nH][nH]c(=O)c1C(=O)O. The van der Waals surface area contributed by atoms with E-state index in [1.54, 1.807) is 0 Å². The van der Waals surface area contributed by atoms with Crippen molar-refractivity contribution in [2.24, 2.45) is 0 Å². The lowest BCUT2D eigenvalue weighted by atomic mass is 9.95. The molecule has 0 radical (unpaired) electrons. The number of carboxylic acids is 1. The van der Waals surface area contributed by atoms with E-state index in [-0.39, 0.29) is 5.56 Å². The fourth-order valence-electron chi connectivity index (χ4n) is 2.03. The quantitative estimate of drug-likeness (QED) is 0.792. The molecule has 0 aliphatic rings. The van der Waals surface area contributed by atoms with Crippen LogP contribution in [0.4, 0.5) is 0 Å². The number of carboxylic acid groups (broad SMARTS) is 1. The van der Waals surface area contributed by atoms with E-state index in [1.165, 1.54) is 0 Å². The molecular formula is C14H16N2O3. The summed E-state index contributed by atoms with van der Waals surface area (Å²) in [6, 6.07) is 5.86. The first-order chi connectivity index (χ1) is 8.91. The Morgan fingerprint density at radius 2 is 1.95 bits per heavy atom. The van der Waals surface area contributed by atoms with Gasteiger partial charge in [0.2, 0.25) is 0 Å². The maximum atomic E-state index is 11.5. The molecule has 2 rings (SSSR count). The minimum Gasteiger partial charge on any atom is -0.477 e. The minimum atomic E-state index is -1.23. The van der Waals surface area contributed by atoms with Crippen LogP contribution in [0.5, 0.6) is 0 Å². The molecule has 0 saturated carbocycles. The number of aromatic amines is 2. The average molecular weight is 260 g/mol. The van der Waals surface area contributed by atoms with Gasteiger partial charge in [0, 0.05) is 5.56 Å². The Bertz CT molecular complexity index is 680. The molecule has 5 heteroatoms. The molecule has 0 amide bonds. The third-order valence-electron chi connectivity index (χ3n) is 3.19. The van der Waals surface area contributed by atoms with E-state index in [0.717, 1.165) is 16.7 Å². The highest BCUT2D eigenvalue weighted by atomic mass is 16.4. The van der Waals surface area contributed by atoms with Crippen LogP contribution < -0.4 is 5.56 Å². The van der Waals surface area contributed by atoms with Crippen molar-refractivity contribution in [2.45, 2.75) is 26.7 Å². The van der Waals surface area contributed by atoms with E-state index in [9.17, 15) is 9.59 Å². The Morgan fingerprint density at radius 3 is 2.53 bits per heavy atom. The topological polar surface area (TPSA) is 86.0 Å². The van der Waals surface area contributed by atoms with Crippen LogP contribution in [0.1, 0.15) is 41.3 Å². The van der Waals surface area contributed by atoms with E-state index in [2.05, 4.69) is 24.0 Å². The molecule has 0 bridgehead atoms. The molecular weight excluding hydrogens is 244 g/mol. The van der Waals surface area contributed by atoms with Crippen molar-refractivity contribution < 1.29 is 9.90 Å². The number of H-pyrrole nitrogens is 2. The smallest absolute Gasteiger partial charge is 0.343 e. The molecule has 0 saturated heterocycles. The van der Waals surface area contributed by atoms with Crippen LogP contribution in [-0.4, -0.2) is 21.3 Å². The molecule has 3 N–H and O–H groups in total. The number of carbonyl (C=O) groups is 1. The van der Waals surface area contributed by atoms with Gasteiger partial charge in [0.1, 0.15) is 0 Å². The third kappa shape index (κ3) is 2.31. The molecule has 1 heterocycles. The summed E-state index contributed by atoms with van der Waals surface area (Å²) in [7, 11) is 0. The molecule has 0 fully saturated rings. The number of hydrogen-bond donors (Lipinski definition) is 3. The monoisotopic (exact) mass is 260 g/mol. The van der Waals surface area contributed by atoms with Crippen molar-refractivity contribution in [1.29, 1.82) is 0 Å². The summed E-state index contributed by atoms with van der Waals surface area (Å²) in [6.45, 7) is 6.01. The van der Waals surface area contributed by atoms with Crippen molar-refractivity contribution in [3.8, 4) is 11.3 Å². The second-order valence-corrected chi connectivity index (χ2v) is 4.86. The largest absolute Gasteiger partial charge is 0.477 e. The zero-order valence-corrected chi connectivity index (χ0v) is 11.1. The van der Waals surface area contributed by atoms with E-state index in [1.807, 2.05) is 25.1 Å². The number of nitrogens with one attached hydrogen (secondary N) is 2. The molecule has 1 aromatic heterocycles. The zero-order valence-electron chi connectivity index (χ0n) is 11.1. The van der Waals surface area contributed by atoms with Gasteiger partial charge in [-0.15, -0.1) is 0 Å². The third-order valence-corrected chi connectivity index (χ3v) is 3.19. The molecule has 100 valence electrons. The van der Waals surface area contributed by atoms with Gasteiger partial charge in [-0.05, 0) is 30.0 Å². The fourth-order valence-corrected chi connectivity index (χ4v) is 2.03. The summed E-state index contributed by atoms with van der Waals surface area (Å²) in [5.74, 6) is -0.898. The van der Waals surface area contributed by atoms with Gasteiger partial charge in [-0.2, -0.15) is 0 Å². The first-order valence-corrected chi connectivity index (χ1v) is 6.06. The van der Waals surface area contributed by atoms with Gasteiger partial charge in [0.15, 0.2) is 5.56 Å². The lowest BCUT2D eigenvalue weighted by Crippen LogP contribution is -2.12. The van der Waals surface area contributed by atoms with Crippen LogP contribution in [-0.2, 0) is 0 Å². The Hall–Kier alpha value is -2.30. The van der Waals surface area contributed by atoms with Crippen LogP contribution >= 0.6 is 0 Å². The van der Waals surface area contributed by atoms with E-state index >= 15 is 0 Å². The highest BCUT2D eigenvalue weighted by Gasteiger charge is 2.20. The number of benzene rings is 1. The van der Waals surface area contributed by atoms with Crippen LogP contribution in [0.25, 0.3) is 11.3 Å². The summed E-state index contributed by atoms with van der Waals surface area (Å²) in [4.78, 5) is 22.7. The predicted octanol–water partition coefficient (Wildman–Crippen LogP) is 2.50. The highest BCUT2D eigenvalue weighted by molar-refractivity contribution is 5.94. The summed E-state index contributed by atoms with van der Waals surface area (Å²) >= 11 is 0. The van der Waals surface area contributed by atoms with Crippen molar-refractivity contribution >= 4 is 5.97 Å². The lowest BCUT2D eigenvalue weighted by molar-refractivity contribution is 0.0696. The number of rotatable bonds is 3. The minimum absolute atomic E-state index is 0.246. The molecule has 5 nitrogen and oxygen atoms in total. The number of hydrogen-bond acceptors (Lipinski definition) is 2. The maximum absolute atomic E-state index is 11.5. The molecule has 19 heavy (non-hydrogen) atoms. The van der Waals surface area contributed by atoms with Gasteiger partial charge in [-0.1, -0.05) is 26.0 Å². The normalized spacial score (nSPS) is 10.9. The maximum Gasteiger partial charge on any atom is 0.343 e. The molecule has 0 aliphatic carbocycles. The number of aryl methyl sites for hydroxylation is 1. The van der Waals surface area contributed by atoms with Gasteiger partial charge in [0.25, 0.3) is 5.56 Å². The predicted molar refractivity (Wildman–Crippen MR) is 72.6 cm³/mol. The molecule has 2 aromatic rings. The molecule has 0 spiro atoms. The number of aromatic nitrogens is 2. The second-order valence-electron chi connectivity index (χ2n) is 4.86. The molecule has 0 aliphatic heterocycles. The summed E-state index contributed by atoms with van der Waals surface area (Å²) in [6.07, 6.45) is 0. The van der Waals surface area contributed by atoms with Gasteiger partial charge in [-0.25, -0.2) is 4.79 Å². The van der Waals surface area contributed by atoms with Crippen LogP contribution in [0.2, 0.25) is 0 Å².